The van der Waals surface area contributed by atoms with Gasteiger partial charge in [0.15, 0.2) is 5.78 Å². The summed E-state index contributed by atoms with van der Waals surface area (Å²) in [5.74, 6) is -0.418. The monoisotopic (exact) mass is 414 g/mol. The molecule has 0 spiro atoms. The van der Waals surface area contributed by atoms with Crippen molar-refractivity contribution in [2.24, 2.45) is 5.41 Å². The number of carbonyl (C=O) groups is 2. The van der Waals surface area contributed by atoms with Crippen molar-refractivity contribution in [3.8, 4) is 0 Å². The summed E-state index contributed by atoms with van der Waals surface area (Å²) >= 11 is 0. The summed E-state index contributed by atoms with van der Waals surface area (Å²) in [5.41, 5.74) is 6.94. The van der Waals surface area contributed by atoms with E-state index in [1.165, 1.54) is 0 Å². The van der Waals surface area contributed by atoms with E-state index in [1.54, 1.807) is 0 Å². The SMILES string of the molecule is CC1=C(C(=O)Nc2ccc(C)cc2C)C(c2ccccc2)C2=C(CC(C)(C)CC2=O)N1. The number of anilines is 1. The molecule has 0 aromatic heterocycles. The van der Waals surface area contributed by atoms with E-state index in [0.717, 1.165) is 45.8 Å². The Morgan fingerprint density at radius 2 is 1.74 bits per heavy atom. The number of carbonyl (C=O) groups excluding carboxylic acids is 2. The van der Waals surface area contributed by atoms with E-state index in [0.29, 0.717) is 12.0 Å². The van der Waals surface area contributed by atoms with Gasteiger partial charge < -0.3 is 10.6 Å². The largest absolute Gasteiger partial charge is 0.362 e. The molecule has 0 saturated heterocycles. The smallest absolute Gasteiger partial charge is 0.254 e. The number of aryl methyl sites for hydroxylation is 2. The van der Waals surface area contributed by atoms with Crippen LogP contribution in [0.15, 0.2) is 71.1 Å². The molecule has 0 saturated carbocycles. The minimum Gasteiger partial charge on any atom is -0.362 e. The lowest BCUT2D eigenvalue weighted by molar-refractivity contribution is -0.118. The van der Waals surface area contributed by atoms with Gasteiger partial charge in [-0.25, -0.2) is 0 Å². The van der Waals surface area contributed by atoms with E-state index in [1.807, 2.05) is 63.2 Å². The molecule has 0 fully saturated rings. The third-order valence-electron chi connectivity index (χ3n) is 6.25. The number of Topliss-reactive ketones (excluding diaryl/α,β-unsaturated/α-hetero) is 1. The van der Waals surface area contributed by atoms with Crippen LogP contribution < -0.4 is 10.6 Å². The van der Waals surface area contributed by atoms with E-state index in [9.17, 15) is 9.59 Å². The lowest BCUT2D eigenvalue weighted by atomic mass is 9.68. The van der Waals surface area contributed by atoms with E-state index in [-0.39, 0.29) is 23.0 Å². The molecule has 31 heavy (non-hydrogen) atoms. The lowest BCUT2D eigenvalue weighted by Crippen LogP contribution is -2.39. The second kappa shape index (κ2) is 7.84. The van der Waals surface area contributed by atoms with Crippen molar-refractivity contribution in [1.29, 1.82) is 0 Å². The summed E-state index contributed by atoms with van der Waals surface area (Å²) < 4.78 is 0. The molecule has 1 aliphatic heterocycles. The fourth-order valence-corrected chi connectivity index (χ4v) is 4.86. The van der Waals surface area contributed by atoms with Gasteiger partial charge in [-0.3, -0.25) is 9.59 Å². The van der Waals surface area contributed by atoms with Crippen molar-refractivity contribution in [1.82, 2.24) is 5.32 Å². The predicted molar refractivity (Wildman–Crippen MR) is 125 cm³/mol. The molecule has 1 aliphatic carbocycles. The fraction of sp³-hybridized carbons (Fsp3) is 0.333. The highest BCUT2D eigenvalue weighted by atomic mass is 16.2. The van der Waals surface area contributed by atoms with Gasteiger partial charge in [-0.05, 0) is 49.8 Å². The molecule has 0 radical (unpaired) electrons. The average molecular weight is 415 g/mol. The normalized spacial score (nSPS) is 20.3. The molecule has 1 atom stereocenters. The van der Waals surface area contributed by atoms with Gasteiger partial charge in [-0.1, -0.05) is 61.9 Å². The van der Waals surface area contributed by atoms with Gasteiger partial charge in [0.2, 0.25) is 0 Å². The molecule has 1 heterocycles. The van der Waals surface area contributed by atoms with Crippen LogP contribution in [0.1, 0.15) is 56.2 Å². The number of allylic oxidation sites excluding steroid dienone is 3. The molecule has 1 amide bonds. The third-order valence-corrected chi connectivity index (χ3v) is 6.25. The highest BCUT2D eigenvalue weighted by molar-refractivity contribution is 6.10. The minimum atomic E-state index is -0.369. The van der Waals surface area contributed by atoms with Crippen LogP contribution in [-0.4, -0.2) is 11.7 Å². The molecule has 4 heteroatoms. The highest BCUT2D eigenvalue weighted by Gasteiger charge is 2.42. The first-order valence-corrected chi connectivity index (χ1v) is 10.8. The van der Waals surface area contributed by atoms with Crippen LogP contribution >= 0.6 is 0 Å². The molecular weight excluding hydrogens is 384 g/mol. The Hall–Kier alpha value is -3.14. The van der Waals surface area contributed by atoms with Crippen LogP contribution in [-0.2, 0) is 9.59 Å². The summed E-state index contributed by atoms with van der Waals surface area (Å²) in [6.45, 7) is 10.2. The number of amides is 1. The number of hydrogen-bond donors (Lipinski definition) is 2. The summed E-state index contributed by atoms with van der Waals surface area (Å²) in [5, 5.41) is 6.52. The number of ketones is 1. The Morgan fingerprint density at radius 3 is 2.42 bits per heavy atom. The van der Waals surface area contributed by atoms with E-state index in [4.69, 9.17) is 0 Å². The Kier molecular flexibility index (Phi) is 5.34. The third kappa shape index (κ3) is 4.07. The van der Waals surface area contributed by atoms with Crippen molar-refractivity contribution in [2.45, 2.75) is 53.4 Å². The van der Waals surface area contributed by atoms with Crippen molar-refractivity contribution >= 4 is 17.4 Å². The Morgan fingerprint density at radius 1 is 1.03 bits per heavy atom. The minimum absolute atomic E-state index is 0.0940. The van der Waals surface area contributed by atoms with Gasteiger partial charge in [-0.15, -0.1) is 0 Å². The van der Waals surface area contributed by atoms with Crippen molar-refractivity contribution in [2.75, 3.05) is 5.32 Å². The predicted octanol–water partition coefficient (Wildman–Crippen LogP) is 5.55. The molecule has 1 unspecified atom stereocenters. The lowest BCUT2D eigenvalue weighted by Gasteiger charge is -2.39. The van der Waals surface area contributed by atoms with Gasteiger partial charge in [-0.2, -0.15) is 0 Å². The van der Waals surface area contributed by atoms with Crippen LogP contribution in [0.25, 0.3) is 0 Å². The molecule has 2 aromatic rings. The summed E-state index contributed by atoms with van der Waals surface area (Å²) in [7, 11) is 0. The van der Waals surface area contributed by atoms with Gasteiger partial charge in [0.05, 0.1) is 0 Å². The van der Waals surface area contributed by atoms with Crippen LogP contribution in [0.4, 0.5) is 5.69 Å². The van der Waals surface area contributed by atoms with Crippen LogP contribution in [0.2, 0.25) is 0 Å². The molecule has 2 aromatic carbocycles. The van der Waals surface area contributed by atoms with Gasteiger partial charge in [0, 0.05) is 40.6 Å². The van der Waals surface area contributed by atoms with Gasteiger partial charge >= 0.3 is 0 Å². The maximum Gasteiger partial charge on any atom is 0.254 e. The van der Waals surface area contributed by atoms with Crippen LogP contribution in [0.3, 0.4) is 0 Å². The quantitative estimate of drug-likeness (QED) is 0.693. The second-order valence-corrected chi connectivity index (χ2v) is 9.61. The molecule has 2 aliphatic rings. The Bertz CT molecular complexity index is 1120. The van der Waals surface area contributed by atoms with Crippen molar-refractivity contribution < 1.29 is 9.59 Å². The second-order valence-electron chi connectivity index (χ2n) is 9.61. The van der Waals surface area contributed by atoms with Crippen LogP contribution in [0.5, 0.6) is 0 Å². The van der Waals surface area contributed by atoms with E-state index >= 15 is 0 Å². The highest BCUT2D eigenvalue weighted by Crippen LogP contribution is 2.46. The summed E-state index contributed by atoms with van der Waals surface area (Å²) in [6, 6.07) is 15.9. The standard InChI is InChI=1S/C27H30N2O2/c1-16-11-12-20(17(2)13-16)29-26(31)23-18(3)28-21-14-27(4,5)15-22(30)25(21)24(23)19-9-7-6-8-10-19/h6-13,24,28H,14-15H2,1-5H3,(H,29,31). The zero-order chi connectivity index (χ0) is 22.3. The Balaban J connectivity index is 1.79. The fourth-order valence-electron chi connectivity index (χ4n) is 4.86. The molecule has 0 bridgehead atoms. The number of rotatable bonds is 3. The number of benzene rings is 2. The molecule has 2 N–H and O–H groups in total. The maximum atomic E-state index is 13.6. The van der Waals surface area contributed by atoms with E-state index < -0.39 is 0 Å². The summed E-state index contributed by atoms with van der Waals surface area (Å²) in [4.78, 5) is 26.9. The maximum absolute atomic E-state index is 13.6. The van der Waals surface area contributed by atoms with Gasteiger partial charge in [0.1, 0.15) is 0 Å². The Labute approximate surface area is 184 Å². The van der Waals surface area contributed by atoms with Gasteiger partial charge in [0.25, 0.3) is 5.91 Å². The number of hydrogen-bond acceptors (Lipinski definition) is 3. The first-order chi connectivity index (χ1) is 14.7. The van der Waals surface area contributed by atoms with Crippen molar-refractivity contribution in [3.05, 3.63) is 87.8 Å². The topological polar surface area (TPSA) is 58.2 Å². The molecule has 160 valence electrons. The molecule has 4 nitrogen and oxygen atoms in total. The molecular formula is C27H30N2O2. The summed E-state index contributed by atoms with van der Waals surface area (Å²) in [6.07, 6.45) is 1.28. The molecule has 4 rings (SSSR count). The number of nitrogens with one attached hydrogen (secondary N) is 2. The average Bonchev–Trinajstić information content (AvgIpc) is 2.68. The first kappa shape index (κ1) is 21.1. The van der Waals surface area contributed by atoms with Crippen LogP contribution in [0, 0.1) is 19.3 Å². The first-order valence-electron chi connectivity index (χ1n) is 10.8. The van der Waals surface area contributed by atoms with Crippen molar-refractivity contribution in [3.63, 3.8) is 0 Å². The van der Waals surface area contributed by atoms with E-state index in [2.05, 4.69) is 30.5 Å². The zero-order valence-corrected chi connectivity index (χ0v) is 18.9. The zero-order valence-electron chi connectivity index (χ0n) is 18.9. The number of dihydropyridines is 1.